The van der Waals surface area contributed by atoms with Crippen molar-refractivity contribution in [2.24, 2.45) is 0 Å². The second kappa shape index (κ2) is 7.19. The Morgan fingerprint density at radius 3 is 2.25 bits per heavy atom. The molecule has 0 radical (unpaired) electrons. The molecule has 0 amide bonds. The maximum atomic E-state index is 6.14. The zero-order chi connectivity index (χ0) is 16.9. The number of hydrogen-bond donors (Lipinski definition) is 2. The molecule has 0 fully saturated rings. The van der Waals surface area contributed by atoms with E-state index in [0.717, 1.165) is 11.4 Å². The smallest absolute Gasteiger partial charge is 0.137 e. The van der Waals surface area contributed by atoms with Crippen molar-refractivity contribution in [1.82, 2.24) is 9.97 Å². The molecule has 6 heteroatoms. The highest BCUT2D eigenvalue weighted by atomic mass is 35.5. The van der Waals surface area contributed by atoms with Crippen LogP contribution >= 0.6 is 11.6 Å². The molecule has 3 aromatic rings. The van der Waals surface area contributed by atoms with Gasteiger partial charge in [-0.05, 0) is 42.8 Å². The Morgan fingerprint density at radius 1 is 0.917 bits per heavy atom. The van der Waals surface area contributed by atoms with E-state index in [-0.39, 0.29) is 0 Å². The summed E-state index contributed by atoms with van der Waals surface area (Å²) in [6.45, 7) is 2.05. The van der Waals surface area contributed by atoms with Crippen molar-refractivity contribution in [3.63, 3.8) is 0 Å². The van der Waals surface area contributed by atoms with E-state index in [1.807, 2.05) is 37.3 Å². The third kappa shape index (κ3) is 3.94. The maximum Gasteiger partial charge on any atom is 0.137 e. The van der Waals surface area contributed by atoms with E-state index < -0.39 is 0 Å². The Balaban J connectivity index is 1.76. The second-order valence-electron chi connectivity index (χ2n) is 5.26. The Kier molecular flexibility index (Phi) is 4.82. The first kappa shape index (κ1) is 16.1. The van der Waals surface area contributed by atoms with Crippen molar-refractivity contribution in [3.8, 4) is 5.75 Å². The van der Waals surface area contributed by atoms with Gasteiger partial charge in [0.05, 0.1) is 12.1 Å². The van der Waals surface area contributed by atoms with Crippen LogP contribution in [0.15, 0.2) is 54.9 Å². The predicted molar refractivity (Wildman–Crippen MR) is 97.8 cm³/mol. The lowest BCUT2D eigenvalue weighted by molar-refractivity contribution is 0.415. The van der Waals surface area contributed by atoms with Gasteiger partial charge in [-0.3, -0.25) is 0 Å². The fourth-order valence-electron chi connectivity index (χ4n) is 2.26. The van der Waals surface area contributed by atoms with E-state index >= 15 is 0 Å². The summed E-state index contributed by atoms with van der Waals surface area (Å²) in [5.41, 5.74) is 2.98. The van der Waals surface area contributed by atoms with Gasteiger partial charge in [-0.25, -0.2) is 9.97 Å². The molecule has 122 valence electrons. The lowest BCUT2D eigenvalue weighted by Crippen LogP contribution is -1.98. The molecule has 2 N–H and O–H groups in total. The fraction of sp³-hybridized carbons (Fsp3) is 0.111. The third-order valence-electron chi connectivity index (χ3n) is 3.38. The number of aromatic nitrogens is 2. The molecule has 5 nitrogen and oxygen atoms in total. The van der Waals surface area contributed by atoms with E-state index in [1.165, 1.54) is 11.9 Å². The molecule has 0 bridgehead atoms. The van der Waals surface area contributed by atoms with Gasteiger partial charge in [0.1, 0.15) is 23.7 Å². The molecule has 0 atom stereocenters. The van der Waals surface area contributed by atoms with E-state index in [0.29, 0.717) is 22.4 Å². The van der Waals surface area contributed by atoms with Crippen LogP contribution in [0.2, 0.25) is 5.02 Å². The van der Waals surface area contributed by atoms with Crippen molar-refractivity contribution < 1.29 is 4.74 Å². The number of methoxy groups -OCH3 is 1. The summed E-state index contributed by atoms with van der Waals surface area (Å²) < 4.78 is 5.15. The van der Waals surface area contributed by atoms with Gasteiger partial charge in [0.2, 0.25) is 0 Å². The quantitative estimate of drug-likeness (QED) is 0.689. The minimum atomic E-state index is 0.537. The molecule has 2 aromatic carbocycles. The SMILES string of the molecule is COc1ccc(Nc2cc(Nc3cccc(C)c3)ncn2)cc1Cl. The molecule has 0 saturated heterocycles. The summed E-state index contributed by atoms with van der Waals surface area (Å²) in [5, 5.41) is 7.00. The zero-order valence-electron chi connectivity index (χ0n) is 13.4. The Hall–Kier alpha value is -2.79. The Morgan fingerprint density at radius 2 is 1.62 bits per heavy atom. The summed E-state index contributed by atoms with van der Waals surface area (Å²) in [6, 6.07) is 15.4. The average Bonchev–Trinajstić information content (AvgIpc) is 2.55. The van der Waals surface area contributed by atoms with Crippen LogP contribution in [0.25, 0.3) is 0 Å². The number of anilines is 4. The number of aryl methyl sites for hydroxylation is 1. The first-order valence-electron chi connectivity index (χ1n) is 7.40. The van der Waals surface area contributed by atoms with Crippen molar-refractivity contribution >= 4 is 34.6 Å². The molecule has 0 spiro atoms. The minimum absolute atomic E-state index is 0.537. The molecular weight excluding hydrogens is 324 g/mol. The van der Waals surface area contributed by atoms with E-state index in [2.05, 4.69) is 26.7 Å². The summed E-state index contributed by atoms with van der Waals surface area (Å²) in [6.07, 6.45) is 1.51. The number of benzene rings is 2. The summed E-state index contributed by atoms with van der Waals surface area (Å²) in [4.78, 5) is 8.47. The van der Waals surface area contributed by atoms with Gasteiger partial charge in [-0.1, -0.05) is 23.7 Å². The first-order chi connectivity index (χ1) is 11.6. The topological polar surface area (TPSA) is 59.1 Å². The second-order valence-corrected chi connectivity index (χ2v) is 5.66. The van der Waals surface area contributed by atoms with Crippen LogP contribution in [-0.2, 0) is 0 Å². The van der Waals surface area contributed by atoms with E-state index in [4.69, 9.17) is 16.3 Å². The zero-order valence-corrected chi connectivity index (χ0v) is 14.1. The standard InChI is InChI=1S/C18H17ClN4O/c1-12-4-3-5-13(8-12)22-17-10-18(21-11-20-17)23-14-6-7-16(24-2)15(19)9-14/h3-11H,1-2H3,(H2,20,21,22,23). The Labute approximate surface area is 145 Å². The van der Waals surface area contributed by atoms with Crippen molar-refractivity contribution in [3.05, 3.63) is 65.4 Å². The average molecular weight is 341 g/mol. The van der Waals surface area contributed by atoms with E-state index in [9.17, 15) is 0 Å². The molecular formula is C18H17ClN4O. The normalized spacial score (nSPS) is 10.3. The number of halogens is 1. The molecule has 0 aliphatic rings. The van der Waals surface area contributed by atoms with Gasteiger partial charge in [-0.2, -0.15) is 0 Å². The van der Waals surface area contributed by atoms with Gasteiger partial charge in [0, 0.05) is 17.4 Å². The lowest BCUT2D eigenvalue weighted by Gasteiger charge is -2.10. The summed E-state index contributed by atoms with van der Waals surface area (Å²) >= 11 is 6.14. The number of ether oxygens (including phenoxy) is 1. The number of nitrogens with one attached hydrogen (secondary N) is 2. The fourth-order valence-corrected chi connectivity index (χ4v) is 2.51. The van der Waals surface area contributed by atoms with Crippen LogP contribution in [0, 0.1) is 6.92 Å². The third-order valence-corrected chi connectivity index (χ3v) is 3.68. The molecule has 0 saturated carbocycles. The van der Waals surface area contributed by atoms with Gasteiger partial charge in [0.15, 0.2) is 0 Å². The molecule has 0 unspecified atom stereocenters. The monoisotopic (exact) mass is 340 g/mol. The van der Waals surface area contributed by atoms with Crippen LogP contribution in [0.5, 0.6) is 5.75 Å². The van der Waals surface area contributed by atoms with Crippen LogP contribution in [0.3, 0.4) is 0 Å². The molecule has 1 aromatic heterocycles. The van der Waals surface area contributed by atoms with Gasteiger partial charge in [0.25, 0.3) is 0 Å². The largest absolute Gasteiger partial charge is 0.495 e. The maximum absolute atomic E-state index is 6.14. The first-order valence-corrected chi connectivity index (χ1v) is 7.78. The van der Waals surface area contributed by atoms with Gasteiger partial charge < -0.3 is 15.4 Å². The molecule has 24 heavy (non-hydrogen) atoms. The number of nitrogens with zero attached hydrogens (tertiary/aromatic N) is 2. The van der Waals surface area contributed by atoms with E-state index in [1.54, 1.807) is 19.2 Å². The molecule has 1 heterocycles. The van der Waals surface area contributed by atoms with Crippen LogP contribution < -0.4 is 15.4 Å². The number of rotatable bonds is 5. The highest BCUT2D eigenvalue weighted by Crippen LogP contribution is 2.28. The van der Waals surface area contributed by atoms with Crippen molar-refractivity contribution in [2.75, 3.05) is 17.7 Å². The van der Waals surface area contributed by atoms with Crippen LogP contribution in [-0.4, -0.2) is 17.1 Å². The lowest BCUT2D eigenvalue weighted by atomic mass is 10.2. The minimum Gasteiger partial charge on any atom is -0.495 e. The summed E-state index contributed by atoms with van der Waals surface area (Å²) in [5.74, 6) is 2.01. The Bertz CT molecular complexity index is 854. The highest BCUT2D eigenvalue weighted by molar-refractivity contribution is 6.32. The molecule has 0 aliphatic heterocycles. The molecule has 3 rings (SSSR count). The predicted octanol–water partition coefficient (Wildman–Crippen LogP) is 4.93. The summed E-state index contributed by atoms with van der Waals surface area (Å²) in [7, 11) is 1.59. The number of hydrogen-bond acceptors (Lipinski definition) is 5. The van der Waals surface area contributed by atoms with Gasteiger partial charge >= 0.3 is 0 Å². The molecule has 0 aliphatic carbocycles. The van der Waals surface area contributed by atoms with Gasteiger partial charge in [-0.15, -0.1) is 0 Å². The van der Waals surface area contributed by atoms with Crippen LogP contribution in [0.4, 0.5) is 23.0 Å². The van der Waals surface area contributed by atoms with Crippen LogP contribution in [0.1, 0.15) is 5.56 Å². The highest BCUT2D eigenvalue weighted by Gasteiger charge is 2.04. The van der Waals surface area contributed by atoms with Crippen molar-refractivity contribution in [1.29, 1.82) is 0 Å². The van der Waals surface area contributed by atoms with Crippen molar-refractivity contribution in [2.45, 2.75) is 6.92 Å².